The Kier molecular flexibility index (Phi) is 5.60. The molecule has 118 valence electrons. The van der Waals surface area contributed by atoms with E-state index in [-0.39, 0.29) is 11.3 Å². The summed E-state index contributed by atoms with van der Waals surface area (Å²) in [6, 6.07) is 2.63. The van der Waals surface area contributed by atoms with Crippen molar-refractivity contribution in [2.24, 2.45) is 0 Å². The Labute approximate surface area is 132 Å². The normalized spacial score (nSPS) is 12.3. The fraction of sp³-hybridized carbons (Fsp3) is 0.364. The van der Waals surface area contributed by atoms with Gasteiger partial charge in [-0.1, -0.05) is 40.9 Å². The molecule has 0 aliphatic heterocycles. The van der Waals surface area contributed by atoms with Crippen molar-refractivity contribution in [3.63, 3.8) is 0 Å². The second kappa shape index (κ2) is 6.48. The van der Waals surface area contributed by atoms with Crippen molar-refractivity contribution in [3.8, 4) is 0 Å². The molecule has 0 heterocycles. The molecule has 1 aromatic rings. The molecule has 0 bridgehead atoms. The summed E-state index contributed by atoms with van der Waals surface area (Å²) in [5.74, 6) is 0. The number of hydrogen-bond acceptors (Lipinski definition) is 2. The van der Waals surface area contributed by atoms with E-state index in [4.69, 9.17) is 45.0 Å². The highest BCUT2D eigenvalue weighted by atomic mass is 35.6. The molecule has 0 unspecified atom stereocenters. The van der Waals surface area contributed by atoms with Crippen LogP contribution >= 0.6 is 34.8 Å². The van der Waals surface area contributed by atoms with E-state index >= 15 is 0 Å². The van der Waals surface area contributed by atoms with Crippen molar-refractivity contribution in [1.29, 1.82) is 0 Å². The van der Waals surface area contributed by atoms with Gasteiger partial charge in [-0.2, -0.15) is 13.2 Å². The number of nitrogens with zero attached hydrogens (tertiary/aromatic N) is 1. The van der Waals surface area contributed by atoms with Gasteiger partial charge in [0.2, 0.25) is 3.79 Å². The average molecular weight is 367 g/mol. The second-order valence-corrected chi connectivity index (χ2v) is 6.50. The maximum atomic E-state index is 12.9. The molecule has 21 heavy (non-hydrogen) atoms. The first-order valence-electron chi connectivity index (χ1n) is 5.34. The number of aliphatic hydroxyl groups excluding tert-OH is 1. The molecular formula is C11H9Cl3F3NO3. The lowest BCUT2D eigenvalue weighted by Gasteiger charge is -2.24. The number of aliphatic hydroxyl groups is 1. The number of amides is 1. The van der Waals surface area contributed by atoms with Crippen LogP contribution in [0, 0.1) is 0 Å². The van der Waals surface area contributed by atoms with Gasteiger partial charge in [-0.3, -0.25) is 4.90 Å². The lowest BCUT2D eigenvalue weighted by molar-refractivity contribution is -0.138. The first-order valence-corrected chi connectivity index (χ1v) is 6.47. The summed E-state index contributed by atoms with van der Waals surface area (Å²) >= 11 is 16.4. The Morgan fingerprint density at radius 3 is 2.19 bits per heavy atom. The number of benzene rings is 1. The van der Waals surface area contributed by atoms with Crippen LogP contribution in [0.1, 0.15) is 11.1 Å². The zero-order valence-electron chi connectivity index (χ0n) is 10.2. The SMILES string of the molecule is O=C(O)N(CC(Cl)(Cl)Cl)c1ccc(CO)c(C(F)(F)F)c1. The predicted molar refractivity (Wildman–Crippen MR) is 73.0 cm³/mol. The predicted octanol–water partition coefficient (Wildman–Crippen LogP) is 4.05. The van der Waals surface area contributed by atoms with Gasteiger partial charge in [0.25, 0.3) is 0 Å². The molecule has 10 heteroatoms. The molecule has 1 rings (SSSR count). The van der Waals surface area contributed by atoms with Gasteiger partial charge in [-0.05, 0) is 17.7 Å². The van der Waals surface area contributed by atoms with Gasteiger partial charge in [0.1, 0.15) is 0 Å². The molecule has 0 saturated carbocycles. The summed E-state index contributed by atoms with van der Waals surface area (Å²) in [6.45, 7) is -1.49. The highest BCUT2D eigenvalue weighted by Crippen LogP contribution is 2.36. The molecule has 2 N–H and O–H groups in total. The van der Waals surface area contributed by atoms with Gasteiger partial charge < -0.3 is 10.2 Å². The van der Waals surface area contributed by atoms with Gasteiger partial charge in [-0.15, -0.1) is 0 Å². The number of halogens is 6. The molecule has 0 radical (unpaired) electrons. The van der Waals surface area contributed by atoms with Crippen molar-refractivity contribution in [1.82, 2.24) is 0 Å². The monoisotopic (exact) mass is 365 g/mol. The lowest BCUT2D eigenvalue weighted by Crippen LogP contribution is -2.37. The molecule has 1 amide bonds. The van der Waals surface area contributed by atoms with Crippen LogP contribution in [-0.2, 0) is 12.8 Å². The quantitative estimate of drug-likeness (QED) is 0.793. The third kappa shape index (κ3) is 5.10. The van der Waals surface area contributed by atoms with Gasteiger partial charge >= 0.3 is 12.3 Å². The van der Waals surface area contributed by atoms with E-state index < -0.39 is 34.8 Å². The minimum Gasteiger partial charge on any atom is -0.465 e. The average Bonchev–Trinajstić information content (AvgIpc) is 2.33. The molecule has 0 spiro atoms. The molecule has 0 saturated heterocycles. The van der Waals surface area contributed by atoms with Crippen molar-refractivity contribution in [2.45, 2.75) is 16.6 Å². The molecule has 0 aliphatic rings. The van der Waals surface area contributed by atoms with E-state index in [9.17, 15) is 18.0 Å². The van der Waals surface area contributed by atoms with E-state index in [1.54, 1.807) is 0 Å². The number of carbonyl (C=O) groups is 1. The number of hydrogen-bond donors (Lipinski definition) is 2. The van der Waals surface area contributed by atoms with Gasteiger partial charge in [0, 0.05) is 5.69 Å². The van der Waals surface area contributed by atoms with E-state index in [1.165, 1.54) is 0 Å². The lowest BCUT2D eigenvalue weighted by atomic mass is 10.1. The number of alkyl halides is 6. The second-order valence-electron chi connectivity index (χ2n) is 3.98. The maximum Gasteiger partial charge on any atom is 0.416 e. The maximum absolute atomic E-state index is 12.9. The molecule has 1 aromatic carbocycles. The minimum absolute atomic E-state index is 0.321. The number of anilines is 1. The Hall–Kier alpha value is -0.890. The summed E-state index contributed by atoms with van der Waals surface area (Å²) in [6.07, 6.45) is -6.33. The van der Waals surface area contributed by atoms with Crippen molar-refractivity contribution < 1.29 is 28.2 Å². The summed E-state index contributed by atoms with van der Waals surface area (Å²) < 4.78 is 36.6. The van der Waals surface area contributed by atoms with Crippen LogP contribution in [0.5, 0.6) is 0 Å². The van der Waals surface area contributed by atoms with Crippen molar-refractivity contribution in [3.05, 3.63) is 29.3 Å². The Morgan fingerprint density at radius 2 is 1.81 bits per heavy atom. The molecule has 4 nitrogen and oxygen atoms in total. The Balaban J connectivity index is 3.31. The topological polar surface area (TPSA) is 60.8 Å². The van der Waals surface area contributed by atoms with Gasteiger partial charge in [0.15, 0.2) is 0 Å². The van der Waals surface area contributed by atoms with E-state index in [0.717, 1.165) is 12.1 Å². The molecular weight excluding hydrogens is 357 g/mol. The molecule has 0 aromatic heterocycles. The third-order valence-electron chi connectivity index (χ3n) is 2.45. The zero-order valence-corrected chi connectivity index (χ0v) is 12.4. The van der Waals surface area contributed by atoms with Crippen molar-refractivity contribution in [2.75, 3.05) is 11.4 Å². The molecule has 0 fully saturated rings. The zero-order chi connectivity index (χ0) is 16.4. The molecule has 0 aliphatic carbocycles. The van der Waals surface area contributed by atoms with Crippen LogP contribution in [0.25, 0.3) is 0 Å². The Morgan fingerprint density at radius 1 is 1.24 bits per heavy atom. The van der Waals surface area contributed by atoms with Crippen LogP contribution in [0.4, 0.5) is 23.7 Å². The smallest absolute Gasteiger partial charge is 0.416 e. The summed E-state index contributed by atoms with van der Waals surface area (Å²) in [7, 11) is 0. The highest BCUT2D eigenvalue weighted by molar-refractivity contribution is 6.68. The third-order valence-corrected chi connectivity index (χ3v) is 2.81. The van der Waals surface area contributed by atoms with Crippen LogP contribution < -0.4 is 4.90 Å². The first-order chi connectivity index (χ1) is 9.45. The van der Waals surface area contributed by atoms with Gasteiger partial charge in [-0.25, -0.2) is 4.79 Å². The minimum atomic E-state index is -4.75. The van der Waals surface area contributed by atoms with E-state index in [0.29, 0.717) is 11.0 Å². The fourth-order valence-electron chi connectivity index (χ4n) is 1.58. The van der Waals surface area contributed by atoms with Crippen LogP contribution in [0.3, 0.4) is 0 Å². The van der Waals surface area contributed by atoms with Crippen LogP contribution in [0.15, 0.2) is 18.2 Å². The first kappa shape index (κ1) is 18.2. The summed E-state index contributed by atoms with van der Waals surface area (Å²) in [4.78, 5) is 11.6. The Bertz CT molecular complexity index is 532. The standard InChI is InChI=1S/C11H9Cl3F3NO3/c12-10(13,14)5-18(9(20)21)7-2-1-6(4-19)8(3-7)11(15,16)17/h1-3,19H,4-5H2,(H,20,21). The van der Waals surface area contributed by atoms with Crippen LogP contribution in [-0.4, -0.2) is 26.6 Å². The highest BCUT2D eigenvalue weighted by Gasteiger charge is 2.35. The molecule has 0 atom stereocenters. The van der Waals surface area contributed by atoms with E-state index in [1.807, 2.05) is 0 Å². The summed E-state index contributed by atoms with van der Waals surface area (Å²) in [5, 5.41) is 17.9. The number of carboxylic acid groups (broad SMARTS) is 1. The summed E-state index contributed by atoms with van der Waals surface area (Å²) in [5.41, 5.74) is -1.86. The van der Waals surface area contributed by atoms with Gasteiger partial charge in [0.05, 0.1) is 18.7 Å². The van der Waals surface area contributed by atoms with Crippen LogP contribution in [0.2, 0.25) is 0 Å². The van der Waals surface area contributed by atoms with Crippen molar-refractivity contribution >= 4 is 46.6 Å². The largest absolute Gasteiger partial charge is 0.465 e. The fourth-order valence-corrected chi connectivity index (χ4v) is 1.94. The van der Waals surface area contributed by atoms with E-state index in [2.05, 4.69) is 0 Å². The number of rotatable bonds is 3.